The smallest absolute Gasteiger partial charge is 0.354 e. The molecule has 1 unspecified atom stereocenters. The van der Waals surface area contributed by atoms with E-state index in [-0.39, 0.29) is 18.0 Å². The molecule has 2 rings (SSSR count). The molecule has 0 fully saturated rings. The minimum Gasteiger partial charge on any atom is -0.354 e. The predicted octanol–water partition coefficient (Wildman–Crippen LogP) is 4.77. The summed E-state index contributed by atoms with van der Waals surface area (Å²) < 4.78 is 65.9. The highest BCUT2D eigenvalue weighted by atomic mass is 35.5. The molecule has 0 aliphatic carbocycles. The van der Waals surface area contributed by atoms with Crippen LogP contribution in [-0.4, -0.2) is 50.5 Å². The molecule has 1 atom stereocenters. The number of nitrogens with zero attached hydrogens (tertiary/aromatic N) is 2. The van der Waals surface area contributed by atoms with Gasteiger partial charge in [0, 0.05) is 13.1 Å². The summed E-state index contributed by atoms with van der Waals surface area (Å²) in [6.07, 6.45) is -3.08. The van der Waals surface area contributed by atoms with Crippen LogP contribution in [-0.2, 0) is 32.3 Å². The molecular weight excluding hydrogens is 531 g/mol. The fourth-order valence-electron chi connectivity index (χ4n) is 3.77. The van der Waals surface area contributed by atoms with Crippen molar-refractivity contribution in [3.8, 4) is 0 Å². The molecule has 37 heavy (non-hydrogen) atoms. The quantitative estimate of drug-likeness (QED) is 0.428. The van der Waals surface area contributed by atoms with E-state index in [1.165, 1.54) is 4.90 Å². The molecule has 1 N–H and O–H groups in total. The minimum atomic E-state index is -4.76. The lowest BCUT2D eigenvalue weighted by Gasteiger charge is -2.33. The Hall–Kier alpha value is -2.79. The van der Waals surface area contributed by atoms with E-state index in [9.17, 15) is 31.2 Å². The molecule has 0 aromatic heterocycles. The van der Waals surface area contributed by atoms with Gasteiger partial charge in [-0.15, -0.1) is 0 Å². The lowest BCUT2D eigenvalue weighted by atomic mass is 10.1. The fourth-order valence-corrected chi connectivity index (χ4v) is 4.89. The van der Waals surface area contributed by atoms with Crippen molar-refractivity contribution >= 4 is 39.1 Å². The second-order valence-electron chi connectivity index (χ2n) is 8.66. The molecule has 12 heteroatoms. The Kier molecular flexibility index (Phi) is 10.4. The van der Waals surface area contributed by atoms with Crippen molar-refractivity contribution in [1.82, 2.24) is 10.2 Å². The van der Waals surface area contributed by atoms with Crippen LogP contribution in [0.15, 0.2) is 42.5 Å². The Bertz CT molecular complexity index is 1220. The van der Waals surface area contributed by atoms with Crippen LogP contribution in [0.3, 0.4) is 0 Å². The number of carbonyl (C=O) groups is 2. The van der Waals surface area contributed by atoms with E-state index in [4.69, 9.17) is 11.6 Å². The Morgan fingerprint density at radius 2 is 1.78 bits per heavy atom. The summed E-state index contributed by atoms with van der Waals surface area (Å²) in [6, 6.07) is 8.56. The summed E-state index contributed by atoms with van der Waals surface area (Å²) in [5, 5.41) is 2.48. The number of hydrogen-bond acceptors (Lipinski definition) is 4. The number of rotatable bonds is 11. The van der Waals surface area contributed by atoms with Crippen molar-refractivity contribution in [1.29, 1.82) is 0 Å². The van der Waals surface area contributed by atoms with Gasteiger partial charge >= 0.3 is 6.18 Å². The second-order valence-corrected chi connectivity index (χ2v) is 11.0. The molecule has 2 aromatic carbocycles. The third kappa shape index (κ3) is 8.36. The van der Waals surface area contributed by atoms with E-state index in [0.717, 1.165) is 24.0 Å². The van der Waals surface area contributed by atoms with E-state index in [1.54, 1.807) is 19.1 Å². The van der Waals surface area contributed by atoms with Crippen LogP contribution >= 0.6 is 11.6 Å². The molecule has 2 aromatic rings. The maximum Gasteiger partial charge on any atom is 0.416 e. The van der Waals surface area contributed by atoms with Crippen molar-refractivity contribution in [3.63, 3.8) is 0 Å². The zero-order valence-corrected chi connectivity index (χ0v) is 22.7. The number of nitrogens with one attached hydrogen (secondary N) is 1. The van der Waals surface area contributed by atoms with E-state index in [0.29, 0.717) is 28.9 Å². The minimum absolute atomic E-state index is 0.00745. The summed E-state index contributed by atoms with van der Waals surface area (Å²) in [5.74, 6) is -1.17. The largest absolute Gasteiger partial charge is 0.416 e. The Morgan fingerprint density at radius 1 is 1.11 bits per heavy atom. The van der Waals surface area contributed by atoms with Crippen molar-refractivity contribution in [2.24, 2.45) is 0 Å². The van der Waals surface area contributed by atoms with E-state index in [1.807, 2.05) is 26.0 Å². The molecule has 0 spiro atoms. The Balaban J connectivity index is 2.53. The summed E-state index contributed by atoms with van der Waals surface area (Å²) in [7, 11) is -4.24. The molecule has 7 nitrogen and oxygen atoms in total. The third-order valence-electron chi connectivity index (χ3n) is 5.59. The molecule has 0 saturated carbocycles. The monoisotopic (exact) mass is 561 g/mol. The number of anilines is 1. The van der Waals surface area contributed by atoms with Crippen molar-refractivity contribution in [2.75, 3.05) is 23.7 Å². The standard InChI is InChI=1S/C25H31ClF3N3O4S/c1-5-12-30-24(34)21(6-2)31(15-18-9-7-8-17(3)13-18)23(33)16-32(37(4,35)36)22-14-19(25(27,28)29)10-11-20(22)26/h7-11,13-14,21H,5-6,12,15-16H2,1-4H3,(H,30,34). The molecule has 0 radical (unpaired) electrons. The van der Waals surface area contributed by atoms with Crippen molar-refractivity contribution < 1.29 is 31.2 Å². The van der Waals surface area contributed by atoms with Gasteiger partial charge in [0.2, 0.25) is 21.8 Å². The number of amides is 2. The first-order valence-corrected chi connectivity index (χ1v) is 13.9. The first-order valence-electron chi connectivity index (χ1n) is 11.7. The molecule has 0 aliphatic heterocycles. The highest BCUT2D eigenvalue weighted by Gasteiger charge is 2.35. The van der Waals surface area contributed by atoms with Gasteiger partial charge in [-0.05, 0) is 43.5 Å². The van der Waals surface area contributed by atoms with Gasteiger partial charge in [-0.25, -0.2) is 8.42 Å². The van der Waals surface area contributed by atoms with Crippen LogP contribution in [0.25, 0.3) is 0 Å². The predicted molar refractivity (Wildman–Crippen MR) is 138 cm³/mol. The molecule has 0 bridgehead atoms. The zero-order chi connectivity index (χ0) is 28.0. The van der Waals surface area contributed by atoms with E-state index >= 15 is 0 Å². The summed E-state index contributed by atoms with van der Waals surface area (Å²) >= 11 is 6.09. The number of alkyl halides is 3. The number of benzene rings is 2. The van der Waals surface area contributed by atoms with Gasteiger partial charge in [0.1, 0.15) is 12.6 Å². The van der Waals surface area contributed by atoms with Crippen LogP contribution < -0.4 is 9.62 Å². The zero-order valence-electron chi connectivity index (χ0n) is 21.1. The normalized spacial score (nSPS) is 12.6. The van der Waals surface area contributed by atoms with Gasteiger partial charge in [-0.3, -0.25) is 13.9 Å². The fraction of sp³-hybridized carbons (Fsp3) is 0.440. The second kappa shape index (κ2) is 12.6. The summed E-state index contributed by atoms with van der Waals surface area (Å²) in [6.45, 7) is 4.99. The molecule has 204 valence electrons. The summed E-state index contributed by atoms with van der Waals surface area (Å²) in [4.78, 5) is 27.8. The highest BCUT2D eigenvalue weighted by Crippen LogP contribution is 2.36. The van der Waals surface area contributed by atoms with Gasteiger partial charge < -0.3 is 10.2 Å². The average molecular weight is 562 g/mol. The maximum atomic E-state index is 13.6. The molecule has 2 amide bonds. The average Bonchev–Trinajstić information content (AvgIpc) is 2.80. The number of hydrogen-bond donors (Lipinski definition) is 1. The highest BCUT2D eigenvalue weighted by molar-refractivity contribution is 7.92. The van der Waals surface area contributed by atoms with Crippen molar-refractivity contribution in [3.05, 3.63) is 64.2 Å². The van der Waals surface area contributed by atoms with Crippen LogP contribution in [0.4, 0.5) is 18.9 Å². The molecule has 0 saturated heterocycles. The Labute approximate surface area is 220 Å². The SMILES string of the molecule is CCCNC(=O)C(CC)N(Cc1cccc(C)c1)C(=O)CN(c1cc(C(F)(F)F)ccc1Cl)S(C)(=O)=O. The van der Waals surface area contributed by atoms with Crippen LogP contribution in [0, 0.1) is 6.92 Å². The van der Waals surface area contributed by atoms with Gasteiger partial charge in [0.25, 0.3) is 0 Å². The summed E-state index contributed by atoms with van der Waals surface area (Å²) in [5.41, 5.74) is 0.0290. The number of aryl methyl sites for hydroxylation is 1. The van der Waals surface area contributed by atoms with Crippen molar-refractivity contribution in [2.45, 2.75) is 52.4 Å². The molecule has 0 heterocycles. The first kappa shape index (κ1) is 30.4. The van der Waals surface area contributed by atoms with Gasteiger partial charge in [-0.1, -0.05) is 55.3 Å². The van der Waals surface area contributed by atoms with Crippen LogP contribution in [0.2, 0.25) is 5.02 Å². The van der Waals surface area contributed by atoms with Crippen LogP contribution in [0.1, 0.15) is 43.4 Å². The Morgan fingerprint density at radius 3 is 2.32 bits per heavy atom. The maximum absolute atomic E-state index is 13.6. The number of carbonyl (C=O) groups excluding carboxylic acids is 2. The molecule has 0 aliphatic rings. The topological polar surface area (TPSA) is 86.8 Å². The van der Waals surface area contributed by atoms with E-state index < -0.39 is 51.9 Å². The van der Waals surface area contributed by atoms with Gasteiger partial charge in [0.15, 0.2) is 0 Å². The van der Waals surface area contributed by atoms with E-state index in [2.05, 4.69) is 5.32 Å². The number of halogens is 4. The lowest BCUT2D eigenvalue weighted by Crippen LogP contribution is -2.52. The molecular formula is C25H31ClF3N3O4S. The number of sulfonamides is 1. The van der Waals surface area contributed by atoms with Gasteiger partial charge in [-0.2, -0.15) is 13.2 Å². The lowest BCUT2D eigenvalue weighted by molar-refractivity contribution is -0.140. The third-order valence-corrected chi connectivity index (χ3v) is 7.04. The van der Waals surface area contributed by atoms with Gasteiger partial charge in [0.05, 0.1) is 22.5 Å². The van der Waals surface area contributed by atoms with Crippen LogP contribution in [0.5, 0.6) is 0 Å². The first-order chi connectivity index (χ1) is 17.2.